The summed E-state index contributed by atoms with van der Waals surface area (Å²) in [5, 5.41) is 0. The van der Waals surface area contributed by atoms with Gasteiger partial charge in [0.1, 0.15) is 0 Å². The van der Waals surface area contributed by atoms with Gasteiger partial charge in [0.2, 0.25) is 0 Å². The van der Waals surface area contributed by atoms with E-state index in [1.807, 2.05) is 0 Å². The topological polar surface area (TPSA) is 20.6 Å². The molecule has 2 saturated heterocycles. The third-order valence-corrected chi connectivity index (χ3v) is 3.92. The molecule has 0 spiro atoms. The number of likely N-dealkylation sites (tertiary alicyclic amines) is 2. The molecule has 0 bridgehead atoms. The Labute approximate surface area is 104 Å². The fourth-order valence-corrected chi connectivity index (χ4v) is 2.97. The van der Waals surface area contributed by atoms with Crippen molar-refractivity contribution >= 4 is 0 Å². The molecule has 1 aromatic rings. The van der Waals surface area contributed by atoms with E-state index in [0.29, 0.717) is 0 Å². The molecule has 1 aromatic heterocycles. The Hall–Kier alpha value is -0.800. The van der Waals surface area contributed by atoms with E-state index >= 15 is 0 Å². The van der Waals surface area contributed by atoms with Crippen molar-refractivity contribution in [2.75, 3.05) is 26.2 Å². The molecule has 0 N–H and O–H groups in total. The second-order valence-electron chi connectivity index (χ2n) is 5.39. The van der Waals surface area contributed by atoms with Crippen molar-refractivity contribution in [1.82, 2.24) is 14.8 Å². The molecular weight excluding hydrogens is 210 g/mol. The van der Waals surface area contributed by atoms with Gasteiger partial charge in [0.15, 0.2) is 0 Å². The molecule has 94 valence electrons. The largest absolute Gasteiger partial charge is 0.663 e. The third-order valence-electron chi connectivity index (χ3n) is 3.92. The number of rotatable bonds is 4. The van der Waals surface area contributed by atoms with E-state index in [1.54, 1.807) is 0 Å². The highest BCUT2D eigenvalue weighted by Crippen LogP contribution is 2.14. The Morgan fingerprint density at radius 1 is 0.765 bits per heavy atom. The first-order valence-electron chi connectivity index (χ1n) is 6.96. The van der Waals surface area contributed by atoms with Crippen LogP contribution in [-0.4, -0.2) is 36.0 Å². The fourth-order valence-electron chi connectivity index (χ4n) is 2.97. The van der Waals surface area contributed by atoms with Crippen molar-refractivity contribution in [2.45, 2.75) is 38.8 Å². The van der Waals surface area contributed by atoms with Crippen LogP contribution in [0.3, 0.4) is 0 Å². The van der Waals surface area contributed by atoms with Gasteiger partial charge in [-0.15, -0.1) is 11.4 Å². The van der Waals surface area contributed by atoms with Crippen LogP contribution in [0.5, 0.6) is 0 Å². The Morgan fingerprint density at radius 3 is 1.59 bits per heavy atom. The summed E-state index contributed by atoms with van der Waals surface area (Å²) in [5.74, 6) is 0. The molecule has 2 aliphatic rings. The molecule has 0 radical (unpaired) electrons. The average Bonchev–Trinajstić information content (AvgIpc) is 3.02. The van der Waals surface area contributed by atoms with Crippen LogP contribution in [0.15, 0.2) is 12.1 Å². The summed E-state index contributed by atoms with van der Waals surface area (Å²) in [6, 6.07) is 4.42. The zero-order chi connectivity index (χ0) is 11.5. The molecule has 3 heteroatoms. The zero-order valence-electron chi connectivity index (χ0n) is 10.6. The van der Waals surface area contributed by atoms with Gasteiger partial charge in [0, 0.05) is 13.1 Å². The molecule has 2 fully saturated rings. The minimum Gasteiger partial charge on any atom is -0.663 e. The monoisotopic (exact) mass is 232 g/mol. The summed E-state index contributed by atoms with van der Waals surface area (Å²) in [6.45, 7) is 7.14. The third kappa shape index (κ3) is 2.90. The van der Waals surface area contributed by atoms with Crippen molar-refractivity contribution in [3.8, 4) is 0 Å². The Morgan fingerprint density at radius 2 is 1.18 bits per heavy atom. The standard InChI is InChI=1S/C14H22N3/c1-2-8-16(7-1)11-13-5-6-14(15-13)12-17-9-3-4-10-17/h5-6H,1-4,7-12H2/q-1. The molecule has 17 heavy (non-hydrogen) atoms. The molecular formula is C14H22N3-. The van der Waals surface area contributed by atoms with Gasteiger partial charge in [-0.25, -0.2) is 0 Å². The molecule has 2 aliphatic heterocycles. The van der Waals surface area contributed by atoms with Gasteiger partial charge in [0.05, 0.1) is 0 Å². The average molecular weight is 232 g/mol. The molecule has 0 aromatic carbocycles. The van der Waals surface area contributed by atoms with Gasteiger partial charge in [-0.05, 0) is 51.9 Å². The van der Waals surface area contributed by atoms with Gasteiger partial charge < -0.3 is 14.8 Å². The van der Waals surface area contributed by atoms with E-state index in [-0.39, 0.29) is 0 Å². The van der Waals surface area contributed by atoms with Gasteiger partial charge in [-0.3, -0.25) is 0 Å². The maximum atomic E-state index is 4.75. The van der Waals surface area contributed by atoms with Crippen LogP contribution in [0.2, 0.25) is 0 Å². The molecule has 0 aliphatic carbocycles. The van der Waals surface area contributed by atoms with Crippen molar-refractivity contribution in [2.24, 2.45) is 0 Å². The van der Waals surface area contributed by atoms with E-state index in [9.17, 15) is 0 Å². The number of nitrogens with zero attached hydrogens (tertiary/aromatic N) is 3. The van der Waals surface area contributed by atoms with Crippen LogP contribution in [0, 0.1) is 0 Å². The predicted molar refractivity (Wildman–Crippen MR) is 68.8 cm³/mol. The fraction of sp³-hybridized carbons (Fsp3) is 0.714. The van der Waals surface area contributed by atoms with Crippen molar-refractivity contribution < 1.29 is 0 Å². The molecule has 0 atom stereocenters. The maximum Gasteiger partial charge on any atom is 0.00301 e. The Bertz CT molecular complexity index is 314. The molecule has 0 saturated carbocycles. The molecule has 3 heterocycles. The van der Waals surface area contributed by atoms with Gasteiger partial charge >= 0.3 is 0 Å². The summed E-state index contributed by atoms with van der Waals surface area (Å²) in [6.07, 6.45) is 5.45. The SMILES string of the molecule is c1cc(CN2CCCC2)[n-]c1CN1CCCC1. The second-order valence-corrected chi connectivity index (χ2v) is 5.39. The minimum absolute atomic E-state index is 1.06. The zero-order valence-corrected chi connectivity index (χ0v) is 10.6. The lowest BCUT2D eigenvalue weighted by Gasteiger charge is -2.21. The second kappa shape index (κ2) is 5.23. The van der Waals surface area contributed by atoms with Crippen LogP contribution in [0.25, 0.3) is 0 Å². The molecule has 3 nitrogen and oxygen atoms in total. The highest BCUT2D eigenvalue weighted by molar-refractivity contribution is 5.12. The van der Waals surface area contributed by atoms with Crippen LogP contribution >= 0.6 is 0 Å². The smallest absolute Gasteiger partial charge is 0.00301 e. The lowest BCUT2D eigenvalue weighted by atomic mass is 10.4. The highest BCUT2D eigenvalue weighted by Gasteiger charge is 2.11. The summed E-state index contributed by atoms with van der Waals surface area (Å²) < 4.78 is 0. The van der Waals surface area contributed by atoms with Crippen LogP contribution in [0.4, 0.5) is 0 Å². The van der Waals surface area contributed by atoms with E-state index < -0.39 is 0 Å². The van der Waals surface area contributed by atoms with Gasteiger partial charge in [-0.1, -0.05) is 12.1 Å². The Balaban J connectivity index is 1.54. The minimum atomic E-state index is 1.06. The molecule has 3 rings (SSSR count). The Kier molecular flexibility index (Phi) is 3.48. The van der Waals surface area contributed by atoms with Crippen LogP contribution < -0.4 is 4.98 Å². The first-order valence-corrected chi connectivity index (χ1v) is 6.96. The van der Waals surface area contributed by atoms with E-state index in [0.717, 1.165) is 13.1 Å². The van der Waals surface area contributed by atoms with Gasteiger partial charge in [0.25, 0.3) is 0 Å². The van der Waals surface area contributed by atoms with Crippen molar-refractivity contribution in [1.29, 1.82) is 0 Å². The molecule has 0 unspecified atom stereocenters. The number of hydrogen-bond donors (Lipinski definition) is 0. The predicted octanol–water partition coefficient (Wildman–Crippen LogP) is 1.84. The van der Waals surface area contributed by atoms with Crippen LogP contribution in [-0.2, 0) is 13.1 Å². The normalized spacial score (nSPS) is 22.6. The quantitative estimate of drug-likeness (QED) is 0.790. The van der Waals surface area contributed by atoms with E-state index in [1.165, 1.54) is 63.3 Å². The summed E-state index contributed by atoms with van der Waals surface area (Å²) in [4.78, 5) is 9.79. The van der Waals surface area contributed by atoms with Crippen molar-refractivity contribution in [3.05, 3.63) is 23.5 Å². The summed E-state index contributed by atoms with van der Waals surface area (Å²) >= 11 is 0. The van der Waals surface area contributed by atoms with Crippen molar-refractivity contribution in [3.63, 3.8) is 0 Å². The summed E-state index contributed by atoms with van der Waals surface area (Å²) in [7, 11) is 0. The lowest BCUT2D eigenvalue weighted by Crippen LogP contribution is -2.20. The summed E-state index contributed by atoms with van der Waals surface area (Å²) in [5.41, 5.74) is 2.53. The highest BCUT2D eigenvalue weighted by atomic mass is 15.2. The number of hydrogen-bond acceptors (Lipinski definition) is 2. The molecule has 0 amide bonds. The van der Waals surface area contributed by atoms with Gasteiger partial charge in [-0.2, -0.15) is 0 Å². The van der Waals surface area contributed by atoms with Crippen LogP contribution in [0.1, 0.15) is 37.1 Å². The maximum absolute atomic E-state index is 4.75. The first-order chi connectivity index (χ1) is 8.40. The van der Waals surface area contributed by atoms with E-state index in [2.05, 4.69) is 21.9 Å². The number of aromatic nitrogens is 1. The van der Waals surface area contributed by atoms with E-state index in [4.69, 9.17) is 4.98 Å². The lowest BCUT2D eigenvalue weighted by molar-refractivity contribution is 0.319. The first kappa shape index (κ1) is 11.3.